The molecule has 0 radical (unpaired) electrons. The molecule has 0 aromatic heterocycles. The second-order valence-corrected chi connectivity index (χ2v) is 7.72. The summed E-state index contributed by atoms with van der Waals surface area (Å²) in [5.74, 6) is -4.16. The van der Waals surface area contributed by atoms with Crippen LogP contribution in [0.15, 0.2) is 43.0 Å². The normalized spacial score (nSPS) is 14.7. The molecule has 2 amide bonds. The number of alkyl carbamates (subject to hydrolysis) is 1. The summed E-state index contributed by atoms with van der Waals surface area (Å²) < 4.78 is 20.4. The third kappa shape index (κ3) is 10.1. The Labute approximate surface area is 208 Å². The maximum absolute atomic E-state index is 12.8. The van der Waals surface area contributed by atoms with Gasteiger partial charge in [0, 0.05) is 20.5 Å². The van der Waals surface area contributed by atoms with Crippen molar-refractivity contribution in [2.75, 3.05) is 13.7 Å². The van der Waals surface area contributed by atoms with Crippen molar-refractivity contribution in [2.45, 2.75) is 57.6 Å². The van der Waals surface area contributed by atoms with Gasteiger partial charge in [-0.25, -0.2) is 19.2 Å². The van der Waals surface area contributed by atoms with Crippen LogP contribution >= 0.6 is 0 Å². The molecule has 5 atom stereocenters. The number of aliphatic carboxylic acids is 1. The van der Waals surface area contributed by atoms with Crippen LogP contribution in [-0.4, -0.2) is 79.1 Å². The molecule has 0 aliphatic rings. The fraction of sp³-hybridized carbons (Fsp3) is 0.458. The van der Waals surface area contributed by atoms with E-state index >= 15 is 0 Å². The minimum atomic E-state index is -1.55. The molecular formula is C24H32N2O10. The van der Waals surface area contributed by atoms with Crippen molar-refractivity contribution in [1.29, 1.82) is 0 Å². The van der Waals surface area contributed by atoms with Crippen LogP contribution in [0.25, 0.3) is 0 Å². The SMILES string of the molecule is C=CCOC(=O)N[C@H](C(=O)O[C@H](C)[C@H](NC(C)=O)C(=O)O[C@H](Cc1ccccc1)C(=O)O)[C@@H](C)OC. The molecule has 1 rings (SSSR count). The van der Waals surface area contributed by atoms with Crippen molar-refractivity contribution in [2.24, 2.45) is 0 Å². The molecule has 0 bridgehead atoms. The lowest BCUT2D eigenvalue weighted by atomic mass is 10.1. The molecule has 3 N–H and O–H groups in total. The maximum Gasteiger partial charge on any atom is 0.408 e. The summed E-state index contributed by atoms with van der Waals surface area (Å²) in [7, 11) is 1.31. The van der Waals surface area contributed by atoms with E-state index in [9.17, 15) is 29.1 Å². The van der Waals surface area contributed by atoms with Crippen LogP contribution in [0.3, 0.4) is 0 Å². The number of hydrogen-bond acceptors (Lipinski definition) is 9. The van der Waals surface area contributed by atoms with Crippen LogP contribution in [0.2, 0.25) is 0 Å². The Balaban J connectivity index is 3.00. The third-order valence-electron chi connectivity index (χ3n) is 4.88. The van der Waals surface area contributed by atoms with Crippen molar-refractivity contribution < 1.29 is 48.0 Å². The third-order valence-corrected chi connectivity index (χ3v) is 4.88. The molecule has 0 saturated heterocycles. The number of amides is 2. The van der Waals surface area contributed by atoms with E-state index in [-0.39, 0.29) is 13.0 Å². The fourth-order valence-corrected chi connectivity index (χ4v) is 2.94. The maximum atomic E-state index is 12.8. The predicted octanol–water partition coefficient (Wildman–Crippen LogP) is 0.978. The first kappa shape index (κ1) is 30.1. The minimum Gasteiger partial charge on any atom is -0.478 e. The highest BCUT2D eigenvalue weighted by Crippen LogP contribution is 2.12. The molecule has 0 spiro atoms. The second kappa shape index (κ2) is 15.1. The van der Waals surface area contributed by atoms with Crippen LogP contribution in [-0.2, 0) is 44.5 Å². The second-order valence-electron chi connectivity index (χ2n) is 7.72. The van der Waals surface area contributed by atoms with Gasteiger partial charge in [-0.1, -0.05) is 43.0 Å². The molecular weight excluding hydrogens is 476 g/mol. The van der Waals surface area contributed by atoms with Crippen molar-refractivity contribution in [3.05, 3.63) is 48.6 Å². The summed E-state index contributed by atoms with van der Waals surface area (Å²) in [6.07, 6.45) is -3.43. The van der Waals surface area contributed by atoms with Gasteiger partial charge >= 0.3 is 24.0 Å². The van der Waals surface area contributed by atoms with E-state index in [1.165, 1.54) is 27.0 Å². The smallest absolute Gasteiger partial charge is 0.408 e. The van der Waals surface area contributed by atoms with Gasteiger partial charge in [0.05, 0.1) is 6.10 Å². The van der Waals surface area contributed by atoms with Crippen LogP contribution in [0, 0.1) is 0 Å². The van der Waals surface area contributed by atoms with Crippen LogP contribution in [0.1, 0.15) is 26.3 Å². The molecule has 0 heterocycles. The summed E-state index contributed by atoms with van der Waals surface area (Å²) in [4.78, 5) is 61.0. The zero-order chi connectivity index (χ0) is 27.3. The molecule has 12 nitrogen and oxygen atoms in total. The van der Waals surface area contributed by atoms with Crippen LogP contribution in [0.5, 0.6) is 0 Å². The number of carboxylic acids is 1. The standard InChI is InChI=1S/C24H32N2O10/c1-6-12-34-24(32)26-19(14(2)33-5)22(30)35-15(3)20(25-16(4)27)23(31)36-18(21(28)29)13-17-10-8-7-9-11-17/h6-11,14-15,18-20H,1,12-13H2,2-5H3,(H,25,27)(H,26,32)(H,28,29)/t14-,15-,18-,19+,20+/m1/s1. The number of carbonyl (C=O) groups is 5. The fourth-order valence-electron chi connectivity index (χ4n) is 2.94. The van der Waals surface area contributed by atoms with Crippen molar-refractivity contribution in [1.82, 2.24) is 10.6 Å². The first-order chi connectivity index (χ1) is 17.0. The predicted molar refractivity (Wildman–Crippen MR) is 126 cm³/mol. The molecule has 36 heavy (non-hydrogen) atoms. The molecule has 1 aromatic rings. The van der Waals surface area contributed by atoms with Crippen LogP contribution < -0.4 is 10.6 Å². The number of methoxy groups -OCH3 is 1. The van der Waals surface area contributed by atoms with Gasteiger partial charge in [0.2, 0.25) is 12.0 Å². The molecule has 0 unspecified atom stereocenters. The van der Waals surface area contributed by atoms with Gasteiger partial charge in [-0.05, 0) is 19.4 Å². The zero-order valence-corrected chi connectivity index (χ0v) is 20.6. The lowest BCUT2D eigenvalue weighted by Gasteiger charge is -2.28. The van der Waals surface area contributed by atoms with E-state index in [0.29, 0.717) is 5.56 Å². The van der Waals surface area contributed by atoms with Gasteiger partial charge in [-0.3, -0.25) is 4.79 Å². The topological polar surface area (TPSA) is 167 Å². The number of benzene rings is 1. The highest BCUT2D eigenvalue weighted by molar-refractivity contribution is 5.87. The quantitative estimate of drug-likeness (QED) is 0.187. The minimum absolute atomic E-state index is 0.102. The van der Waals surface area contributed by atoms with Crippen molar-refractivity contribution in [3.8, 4) is 0 Å². The van der Waals surface area contributed by atoms with Gasteiger partial charge in [-0.2, -0.15) is 0 Å². The summed E-state index contributed by atoms with van der Waals surface area (Å²) in [5, 5.41) is 14.1. The summed E-state index contributed by atoms with van der Waals surface area (Å²) in [6.45, 7) is 7.23. The van der Waals surface area contributed by atoms with Gasteiger partial charge in [0.15, 0.2) is 12.1 Å². The average Bonchev–Trinajstić information content (AvgIpc) is 2.83. The van der Waals surface area contributed by atoms with E-state index in [1.54, 1.807) is 30.3 Å². The van der Waals surface area contributed by atoms with E-state index < -0.39 is 60.3 Å². The van der Waals surface area contributed by atoms with E-state index in [0.717, 1.165) is 6.92 Å². The monoisotopic (exact) mass is 508 g/mol. The van der Waals surface area contributed by atoms with Gasteiger partial charge in [0.1, 0.15) is 12.7 Å². The number of nitrogens with one attached hydrogen (secondary N) is 2. The molecule has 0 fully saturated rings. The largest absolute Gasteiger partial charge is 0.478 e. The Hall–Kier alpha value is -3.93. The van der Waals surface area contributed by atoms with Gasteiger partial charge in [0.25, 0.3) is 0 Å². The lowest BCUT2D eigenvalue weighted by Crippen LogP contribution is -2.54. The molecule has 0 aliphatic carbocycles. The lowest BCUT2D eigenvalue weighted by molar-refractivity contribution is -0.171. The van der Waals surface area contributed by atoms with E-state index in [2.05, 4.69) is 17.2 Å². The average molecular weight is 509 g/mol. The Morgan fingerprint density at radius 1 is 0.972 bits per heavy atom. The first-order valence-electron chi connectivity index (χ1n) is 11.0. The first-order valence-corrected chi connectivity index (χ1v) is 11.0. The van der Waals surface area contributed by atoms with E-state index in [1.807, 2.05) is 0 Å². The van der Waals surface area contributed by atoms with Crippen molar-refractivity contribution in [3.63, 3.8) is 0 Å². The van der Waals surface area contributed by atoms with E-state index in [4.69, 9.17) is 18.9 Å². The highest BCUT2D eigenvalue weighted by Gasteiger charge is 2.37. The van der Waals surface area contributed by atoms with Gasteiger partial charge in [-0.15, -0.1) is 0 Å². The zero-order valence-electron chi connectivity index (χ0n) is 20.6. The molecule has 0 aliphatic heterocycles. The Kier molecular flexibility index (Phi) is 12.7. The summed E-state index contributed by atoms with van der Waals surface area (Å²) in [6, 6.07) is 5.64. The van der Waals surface area contributed by atoms with Crippen molar-refractivity contribution >= 4 is 29.9 Å². The Morgan fingerprint density at radius 2 is 1.56 bits per heavy atom. The summed E-state index contributed by atoms with van der Waals surface area (Å²) in [5.41, 5.74) is 0.610. The number of hydrogen-bond donors (Lipinski definition) is 3. The van der Waals surface area contributed by atoms with Crippen LogP contribution in [0.4, 0.5) is 4.79 Å². The van der Waals surface area contributed by atoms with Gasteiger partial charge < -0.3 is 34.7 Å². The molecule has 198 valence electrons. The number of esters is 2. The Bertz CT molecular complexity index is 921. The molecule has 0 saturated carbocycles. The number of ether oxygens (including phenoxy) is 4. The number of rotatable bonds is 14. The highest BCUT2D eigenvalue weighted by atomic mass is 16.6. The Morgan fingerprint density at radius 3 is 2.08 bits per heavy atom. The molecule has 12 heteroatoms. The summed E-state index contributed by atoms with van der Waals surface area (Å²) >= 11 is 0. The number of carbonyl (C=O) groups excluding carboxylic acids is 4. The number of carboxylic acid groups (broad SMARTS) is 1. The molecule has 1 aromatic carbocycles.